The van der Waals surface area contributed by atoms with Crippen LogP contribution in [0, 0.1) is 3.57 Å². The van der Waals surface area contributed by atoms with E-state index in [0.29, 0.717) is 18.1 Å². The molecule has 6 rings (SSSR count). The molecule has 0 unspecified atom stereocenters. The number of likely N-dealkylation sites (tertiary alicyclic amines) is 1. The maximum atomic E-state index is 11.2. The normalized spacial score (nSPS) is 24.8. The minimum atomic E-state index is -0.790. The number of nitrogens with zero attached hydrogens (tertiary/aromatic N) is 2. The fourth-order valence-electron chi connectivity index (χ4n) is 6.65. The highest BCUT2D eigenvalue weighted by Gasteiger charge is 2.53. The third-order valence-electron chi connectivity index (χ3n) is 8.40. The number of hydrogen-bond acceptors (Lipinski definition) is 5. The van der Waals surface area contributed by atoms with E-state index in [4.69, 9.17) is 32.9 Å². The highest BCUT2D eigenvalue weighted by Crippen LogP contribution is 2.57. The average molecular weight is 690 g/mol. The van der Waals surface area contributed by atoms with Gasteiger partial charge in [0.2, 0.25) is 0 Å². The van der Waals surface area contributed by atoms with E-state index >= 15 is 0 Å². The molecule has 0 aliphatic carbocycles. The van der Waals surface area contributed by atoms with Crippen molar-refractivity contribution < 1.29 is 14.6 Å². The number of hydrogen-bond donors (Lipinski definition) is 2. The number of aliphatic imine (C=N–C) groups is 1. The molecular weight excluding hydrogens is 660 g/mol. The molecule has 2 N–H and O–H groups in total. The zero-order valence-corrected chi connectivity index (χ0v) is 25.5. The third-order valence-corrected chi connectivity index (χ3v) is 9.54. The molecule has 2 saturated heterocycles. The van der Waals surface area contributed by atoms with Crippen LogP contribution < -0.4 is 10.1 Å². The van der Waals surface area contributed by atoms with Crippen molar-refractivity contribution in [2.45, 2.75) is 42.7 Å². The summed E-state index contributed by atoms with van der Waals surface area (Å²) in [7, 11) is 0. The van der Waals surface area contributed by atoms with Crippen molar-refractivity contribution in [3.63, 3.8) is 0 Å². The van der Waals surface area contributed by atoms with E-state index in [2.05, 4.69) is 70.5 Å². The van der Waals surface area contributed by atoms with Crippen LogP contribution >= 0.6 is 45.8 Å². The molecule has 3 aliphatic heterocycles. The van der Waals surface area contributed by atoms with Crippen LogP contribution in [0.2, 0.25) is 10.0 Å². The van der Waals surface area contributed by atoms with Gasteiger partial charge in [-0.15, -0.1) is 0 Å². The first kappa shape index (κ1) is 28.0. The number of halogens is 3. The fourth-order valence-corrected chi connectivity index (χ4v) is 7.53. The minimum Gasteiger partial charge on any atom is -0.490 e. The standard InChI is InChI=1S/C31H30Cl2IN3O3/c32-20-3-1-2-19(14-20)25-8-11-35-30(31(25)18-36-27-15-21(33)4-6-26(27)31)24-16-22(34)5-7-28(24)40-23-9-12-37(13-10-23)17-29(38)39/h1-7,14-16,18,23,25,30,35H,8-13,17H2,(H,38,39)/t25-,30-,31-/m0/s1. The van der Waals surface area contributed by atoms with Crippen molar-refractivity contribution in [2.75, 3.05) is 26.2 Å². The fraction of sp³-hybridized carbons (Fsp3) is 0.355. The molecule has 3 aromatic rings. The molecule has 3 atom stereocenters. The van der Waals surface area contributed by atoms with Gasteiger partial charge < -0.3 is 15.2 Å². The minimum absolute atomic E-state index is 0.0236. The second kappa shape index (κ2) is 11.6. The molecule has 0 bridgehead atoms. The van der Waals surface area contributed by atoms with E-state index in [-0.39, 0.29) is 24.6 Å². The molecule has 2 fully saturated rings. The van der Waals surface area contributed by atoms with Gasteiger partial charge in [-0.25, -0.2) is 0 Å². The molecule has 208 valence electrons. The van der Waals surface area contributed by atoms with Crippen LogP contribution in [0.15, 0.2) is 65.7 Å². The summed E-state index contributed by atoms with van der Waals surface area (Å²) in [6.07, 6.45) is 4.64. The first-order valence-corrected chi connectivity index (χ1v) is 15.4. The van der Waals surface area contributed by atoms with Gasteiger partial charge in [-0.1, -0.05) is 41.4 Å². The van der Waals surface area contributed by atoms with E-state index < -0.39 is 11.4 Å². The number of piperidine rings is 2. The molecule has 0 aromatic heterocycles. The van der Waals surface area contributed by atoms with E-state index in [1.54, 1.807) is 0 Å². The zero-order valence-electron chi connectivity index (χ0n) is 21.8. The topological polar surface area (TPSA) is 74.2 Å². The summed E-state index contributed by atoms with van der Waals surface area (Å²) in [4.78, 5) is 18.1. The Kier molecular flexibility index (Phi) is 8.12. The van der Waals surface area contributed by atoms with Crippen molar-refractivity contribution in [3.8, 4) is 5.75 Å². The first-order valence-electron chi connectivity index (χ1n) is 13.6. The van der Waals surface area contributed by atoms with Crippen LogP contribution in [-0.4, -0.2) is 54.5 Å². The van der Waals surface area contributed by atoms with Gasteiger partial charge in [0.15, 0.2) is 0 Å². The summed E-state index contributed by atoms with van der Waals surface area (Å²) in [5.41, 5.74) is 3.85. The molecule has 3 aromatic carbocycles. The molecule has 40 heavy (non-hydrogen) atoms. The SMILES string of the molecule is O=C(O)CN1CCC(Oc2ccc(I)cc2[C@@H]2NCC[C@@H](c3cccc(Cl)c3)[C@]23C=Nc2cc(Cl)ccc23)CC1. The molecular formula is C31H30Cl2IN3O3. The molecule has 3 heterocycles. The lowest BCUT2D eigenvalue weighted by Crippen LogP contribution is -2.51. The summed E-state index contributed by atoms with van der Waals surface area (Å²) >= 11 is 15.3. The molecule has 0 radical (unpaired) electrons. The molecule has 0 amide bonds. The van der Waals surface area contributed by atoms with Crippen molar-refractivity contribution in [3.05, 3.63) is 91.0 Å². The lowest BCUT2D eigenvalue weighted by molar-refractivity contribution is -0.138. The quantitative estimate of drug-likeness (QED) is 0.273. The van der Waals surface area contributed by atoms with Crippen LogP contribution in [0.5, 0.6) is 5.75 Å². The van der Waals surface area contributed by atoms with E-state index in [1.807, 2.05) is 29.2 Å². The maximum absolute atomic E-state index is 11.2. The van der Waals surface area contributed by atoms with Crippen molar-refractivity contribution >= 4 is 63.7 Å². The number of carboxylic acids is 1. The predicted molar refractivity (Wildman–Crippen MR) is 168 cm³/mol. The maximum Gasteiger partial charge on any atom is 0.317 e. The Hall–Kier alpha value is -2.17. The van der Waals surface area contributed by atoms with Gasteiger partial charge in [0.1, 0.15) is 11.9 Å². The Balaban J connectivity index is 1.41. The molecule has 9 heteroatoms. The van der Waals surface area contributed by atoms with Crippen LogP contribution in [-0.2, 0) is 10.2 Å². The summed E-state index contributed by atoms with van der Waals surface area (Å²) < 4.78 is 7.84. The Morgan fingerprint density at radius 3 is 2.65 bits per heavy atom. The van der Waals surface area contributed by atoms with Gasteiger partial charge in [0.25, 0.3) is 0 Å². The van der Waals surface area contributed by atoms with Crippen molar-refractivity contribution in [1.29, 1.82) is 0 Å². The van der Waals surface area contributed by atoms with Crippen molar-refractivity contribution in [1.82, 2.24) is 10.2 Å². The Morgan fingerprint density at radius 1 is 1.07 bits per heavy atom. The average Bonchev–Trinajstić information content (AvgIpc) is 3.29. The van der Waals surface area contributed by atoms with Crippen LogP contribution in [0.1, 0.15) is 47.9 Å². The number of carboxylic acid groups (broad SMARTS) is 1. The monoisotopic (exact) mass is 689 g/mol. The van der Waals surface area contributed by atoms with Gasteiger partial charge in [0.05, 0.1) is 23.7 Å². The van der Waals surface area contributed by atoms with E-state index in [0.717, 1.165) is 57.0 Å². The molecule has 6 nitrogen and oxygen atoms in total. The number of ether oxygens (including phenoxy) is 1. The number of rotatable bonds is 6. The number of nitrogens with one attached hydrogen (secondary N) is 1. The van der Waals surface area contributed by atoms with Gasteiger partial charge in [-0.3, -0.25) is 14.7 Å². The smallest absolute Gasteiger partial charge is 0.317 e. The number of fused-ring (bicyclic) bond motifs is 2. The Morgan fingerprint density at radius 2 is 1.88 bits per heavy atom. The van der Waals surface area contributed by atoms with Gasteiger partial charge in [0, 0.05) is 44.4 Å². The van der Waals surface area contributed by atoms with Gasteiger partial charge in [-0.05, 0) is 102 Å². The van der Waals surface area contributed by atoms with Gasteiger partial charge in [-0.2, -0.15) is 0 Å². The van der Waals surface area contributed by atoms with Crippen molar-refractivity contribution in [2.24, 2.45) is 4.99 Å². The number of aliphatic carboxylic acids is 1. The summed E-state index contributed by atoms with van der Waals surface area (Å²) in [5.74, 6) is 0.201. The first-order chi connectivity index (χ1) is 19.3. The van der Waals surface area contributed by atoms with E-state index in [1.165, 1.54) is 5.56 Å². The predicted octanol–water partition coefficient (Wildman–Crippen LogP) is 7.00. The summed E-state index contributed by atoms with van der Waals surface area (Å²) in [6, 6.07) is 20.5. The van der Waals surface area contributed by atoms with E-state index in [9.17, 15) is 9.90 Å². The highest BCUT2D eigenvalue weighted by molar-refractivity contribution is 14.1. The van der Waals surface area contributed by atoms with Crippen LogP contribution in [0.25, 0.3) is 0 Å². The van der Waals surface area contributed by atoms with Crippen LogP contribution in [0.3, 0.4) is 0 Å². The summed E-state index contributed by atoms with van der Waals surface area (Å²) in [5, 5.41) is 14.4. The lowest BCUT2D eigenvalue weighted by Gasteiger charge is -2.48. The largest absolute Gasteiger partial charge is 0.490 e. The molecule has 1 spiro atoms. The zero-order chi connectivity index (χ0) is 27.9. The Labute approximate surface area is 257 Å². The number of benzene rings is 3. The number of carbonyl (C=O) groups is 1. The van der Waals surface area contributed by atoms with Crippen LogP contribution in [0.4, 0.5) is 5.69 Å². The second-order valence-electron chi connectivity index (χ2n) is 10.8. The molecule has 0 saturated carbocycles. The molecule has 3 aliphatic rings. The highest BCUT2D eigenvalue weighted by atomic mass is 127. The Bertz CT molecular complexity index is 1460. The third kappa shape index (κ3) is 5.39. The van der Waals surface area contributed by atoms with Gasteiger partial charge >= 0.3 is 5.97 Å². The second-order valence-corrected chi connectivity index (χ2v) is 12.9. The summed E-state index contributed by atoms with van der Waals surface area (Å²) in [6.45, 7) is 2.32. The lowest BCUT2D eigenvalue weighted by atomic mass is 9.60.